The van der Waals surface area contributed by atoms with E-state index >= 15 is 0 Å². The summed E-state index contributed by atoms with van der Waals surface area (Å²) in [4.78, 5) is 19.5. The van der Waals surface area contributed by atoms with Crippen LogP contribution in [-0.2, 0) is 4.74 Å². The number of rotatable bonds is 2. The number of imidazole rings is 1. The normalized spacial score (nSPS) is 15.1. The number of benzene rings is 2. The lowest BCUT2D eigenvalue weighted by atomic mass is 10.1. The first kappa shape index (κ1) is 15.6. The fourth-order valence-electron chi connectivity index (χ4n) is 3.77. The molecule has 0 unspecified atom stereocenters. The lowest BCUT2D eigenvalue weighted by molar-refractivity contribution is 0.122. The van der Waals surface area contributed by atoms with E-state index in [4.69, 9.17) is 19.1 Å². The van der Waals surface area contributed by atoms with Crippen LogP contribution in [-0.4, -0.2) is 46.2 Å². The topological polar surface area (TPSA) is 80.1 Å². The molecule has 1 N–H and O–H groups in total. The fourth-order valence-corrected chi connectivity index (χ4v) is 3.77. The molecule has 0 amide bonds. The number of para-hydroxylation sites is 1. The maximum Gasteiger partial charge on any atom is 0.196 e. The number of aromatic nitrogens is 4. The van der Waals surface area contributed by atoms with Crippen LogP contribution in [0.2, 0.25) is 0 Å². The number of aromatic amines is 1. The Balaban J connectivity index is 1.62. The van der Waals surface area contributed by atoms with Crippen molar-refractivity contribution in [3.8, 4) is 11.4 Å². The summed E-state index contributed by atoms with van der Waals surface area (Å²) in [6.07, 6.45) is 1.70. The molecule has 7 nitrogen and oxygen atoms in total. The van der Waals surface area contributed by atoms with Gasteiger partial charge in [-0.2, -0.15) is 0 Å². The Labute approximate surface area is 160 Å². The zero-order valence-corrected chi connectivity index (χ0v) is 15.1. The van der Waals surface area contributed by atoms with Gasteiger partial charge in [-0.3, -0.25) is 0 Å². The van der Waals surface area contributed by atoms with E-state index in [0.29, 0.717) is 19.0 Å². The molecule has 138 valence electrons. The maximum atomic E-state index is 6.16. The first-order valence-electron chi connectivity index (χ1n) is 9.32. The van der Waals surface area contributed by atoms with E-state index in [1.54, 1.807) is 6.33 Å². The molecule has 3 aromatic heterocycles. The van der Waals surface area contributed by atoms with Crippen molar-refractivity contribution >= 4 is 38.9 Å². The largest absolute Gasteiger partial charge is 0.450 e. The highest BCUT2D eigenvalue weighted by Gasteiger charge is 2.22. The molecule has 0 bridgehead atoms. The molecular formula is C21H17N5O2. The Hall–Kier alpha value is -3.45. The molecule has 1 aliphatic rings. The van der Waals surface area contributed by atoms with Crippen LogP contribution in [0.3, 0.4) is 0 Å². The third-order valence-corrected chi connectivity index (χ3v) is 5.19. The molecule has 1 saturated heterocycles. The van der Waals surface area contributed by atoms with Crippen molar-refractivity contribution in [3.63, 3.8) is 0 Å². The molecule has 2 aromatic carbocycles. The highest BCUT2D eigenvalue weighted by Crippen LogP contribution is 2.35. The van der Waals surface area contributed by atoms with Crippen LogP contribution in [0.4, 0.5) is 5.82 Å². The minimum atomic E-state index is 0.672. The van der Waals surface area contributed by atoms with Crippen molar-refractivity contribution in [1.29, 1.82) is 0 Å². The van der Waals surface area contributed by atoms with Crippen molar-refractivity contribution in [2.75, 3.05) is 31.2 Å². The SMILES string of the molecule is c1ccc2c(c1)oc1c(N3CCOCC3)nc(-c3ccc4[nH]cnc4c3)nc12. The van der Waals surface area contributed by atoms with Crippen LogP contribution in [0, 0.1) is 0 Å². The highest BCUT2D eigenvalue weighted by atomic mass is 16.5. The van der Waals surface area contributed by atoms with E-state index in [2.05, 4.69) is 14.9 Å². The quantitative estimate of drug-likeness (QED) is 0.509. The summed E-state index contributed by atoms with van der Waals surface area (Å²) >= 11 is 0. The standard InChI is InChI=1S/C21H17N5O2/c1-2-4-17-14(3-1)18-19(28-17)21(26-7-9-27-10-8-26)25-20(24-18)13-5-6-15-16(11-13)23-12-22-15/h1-6,11-12H,7-10H2,(H,22,23). The number of nitrogens with one attached hydrogen (secondary N) is 1. The van der Waals surface area contributed by atoms with Gasteiger partial charge >= 0.3 is 0 Å². The third-order valence-electron chi connectivity index (χ3n) is 5.19. The molecule has 5 aromatic rings. The molecule has 7 heteroatoms. The predicted molar refractivity (Wildman–Crippen MR) is 107 cm³/mol. The summed E-state index contributed by atoms with van der Waals surface area (Å²) in [5.41, 5.74) is 5.21. The van der Waals surface area contributed by atoms with Crippen LogP contribution in [0.5, 0.6) is 0 Å². The van der Waals surface area contributed by atoms with Crippen molar-refractivity contribution in [1.82, 2.24) is 19.9 Å². The first-order valence-corrected chi connectivity index (χ1v) is 9.32. The van der Waals surface area contributed by atoms with Gasteiger partial charge in [-0.1, -0.05) is 12.1 Å². The fraction of sp³-hybridized carbons (Fsp3) is 0.190. The highest BCUT2D eigenvalue weighted by molar-refractivity contribution is 6.06. The van der Waals surface area contributed by atoms with Gasteiger partial charge in [-0.05, 0) is 30.3 Å². The molecule has 28 heavy (non-hydrogen) atoms. The minimum Gasteiger partial charge on any atom is -0.450 e. The van der Waals surface area contributed by atoms with Gasteiger partial charge in [0.15, 0.2) is 17.2 Å². The second-order valence-electron chi connectivity index (χ2n) is 6.88. The molecule has 1 fully saturated rings. The Kier molecular flexibility index (Phi) is 3.36. The first-order chi connectivity index (χ1) is 13.9. The molecule has 6 rings (SSSR count). The van der Waals surface area contributed by atoms with E-state index in [-0.39, 0.29) is 0 Å². The van der Waals surface area contributed by atoms with Crippen molar-refractivity contribution < 1.29 is 9.15 Å². The molecule has 0 radical (unpaired) electrons. The number of hydrogen-bond acceptors (Lipinski definition) is 6. The molecular weight excluding hydrogens is 354 g/mol. The van der Waals surface area contributed by atoms with Crippen molar-refractivity contribution in [2.24, 2.45) is 0 Å². The summed E-state index contributed by atoms with van der Waals surface area (Å²) in [5, 5.41) is 0.997. The molecule has 0 saturated carbocycles. The Morgan fingerprint density at radius 2 is 1.89 bits per heavy atom. The van der Waals surface area contributed by atoms with Crippen LogP contribution < -0.4 is 4.90 Å². The average molecular weight is 371 g/mol. The van der Waals surface area contributed by atoms with Crippen molar-refractivity contribution in [3.05, 3.63) is 48.8 Å². The number of H-pyrrole nitrogens is 1. The number of ether oxygens (including phenoxy) is 1. The minimum absolute atomic E-state index is 0.672. The number of furan rings is 1. The number of anilines is 1. The van der Waals surface area contributed by atoms with Gasteiger partial charge in [0.2, 0.25) is 0 Å². The average Bonchev–Trinajstić information content (AvgIpc) is 3.37. The predicted octanol–water partition coefficient (Wildman–Crippen LogP) is 3.76. The second kappa shape index (κ2) is 6.03. The number of nitrogens with zero attached hydrogens (tertiary/aromatic N) is 4. The van der Waals surface area contributed by atoms with Gasteiger partial charge in [-0.15, -0.1) is 0 Å². The smallest absolute Gasteiger partial charge is 0.196 e. The van der Waals surface area contributed by atoms with Crippen LogP contribution in [0.25, 0.3) is 44.5 Å². The van der Waals surface area contributed by atoms with E-state index in [1.807, 2.05) is 42.5 Å². The van der Waals surface area contributed by atoms with E-state index in [1.165, 1.54) is 0 Å². The number of fused-ring (bicyclic) bond motifs is 4. The second-order valence-corrected chi connectivity index (χ2v) is 6.88. The third kappa shape index (κ3) is 2.36. The van der Waals surface area contributed by atoms with Gasteiger partial charge < -0.3 is 19.0 Å². The number of morpholine rings is 1. The Morgan fingerprint density at radius 3 is 2.82 bits per heavy atom. The van der Waals surface area contributed by atoms with Crippen LogP contribution in [0.15, 0.2) is 53.2 Å². The summed E-state index contributed by atoms with van der Waals surface area (Å²) in [7, 11) is 0. The van der Waals surface area contributed by atoms with Crippen molar-refractivity contribution in [2.45, 2.75) is 0 Å². The monoisotopic (exact) mass is 371 g/mol. The summed E-state index contributed by atoms with van der Waals surface area (Å²) in [6, 6.07) is 14.0. The van der Waals surface area contributed by atoms with E-state index in [9.17, 15) is 0 Å². The van der Waals surface area contributed by atoms with Gasteiger partial charge in [0, 0.05) is 24.0 Å². The molecule has 0 atom stereocenters. The molecule has 0 spiro atoms. The summed E-state index contributed by atoms with van der Waals surface area (Å²) in [6.45, 7) is 2.92. The summed E-state index contributed by atoms with van der Waals surface area (Å²) < 4.78 is 11.7. The Bertz CT molecular complexity index is 1320. The van der Waals surface area contributed by atoms with Gasteiger partial charge in [0.25, 0.3) is 0 Å². The Morgan fingerprint density at radius 1 is 1.00 bits per heavy atom. The molecule has 0 aliphatic carbocycles. The lowest BCUT2D eigenvalue weighted by Gasteiger charge is -2.27. The molecule has 4 heterocycles. The van der Waals surface area contributed by atoms with Crippen LogP contribution in [0.1, 0.15) is 0 Å². The van der Waals surface area contributed by atoms with Gasteiger partial charge in [0.05, 0.1) is 30.6 Å². The molecule has 1 aliphatic heterocycles. The number of hydrogen-bond donors (Lipinski definition) is 1. The lowest BCUT2D eigenvalue weighted by Crippen LogP contribution is -2.37. The zero-order chi connectivity index (χ0) is 18.5. The van der Waals surface area contributed by atoms with Gasteiger partial charge in [0.1, 0.15) is 11.1 Å². The van der Waals surface area contributed by atoms with Crippen LogP contribution >= 0.6 is 0 Å². The van der Waals surface area contributed by atoms with E-state index < -0.39 is 0 Å². The summed E-state index contributed by atoms with van der Waals surface area (Å²) in [5.74, 6) is 1.49. The zero-order valence-electron chi connectivity index (χ0n) is 15.1. The maximum absolute atomic E-state index is 6.16. The van der Waals surface area contributed by atoms with Gasteiger partial charge in [-0.25, -0.2) is 15.0 Å². The van der Waals surface area contributed by atoms with E-state index in [0.717, 1.165) is 57.6 Å².